The predicted octanol–water partition coefficient (Wildman–Crippen LogP) is 2.26. The zero-order valence-electron chi connectivity index (χ0n) is 23.7. The predicted molar refractivity (Wildman–Crippen MR) is 153 cm³/mol. The second-order valence-corrected chi connectivity index (χ2v) is 10.4. The number of piperazine rings is 1. The maximum atomic E-state index is 13.9. The van der Waals surface area contributed by atoms with Gasteiger partial charge in [0.05, 0.1) is 13.7 Å². The number of hydrogen-bond acceptors (Lipinski definition) is 8. The summed E-state index contributed by atoms with van der Waals surface area (Å²) in [5.74, 6) is 0.799. The maximum Gasteiger partial charge on any atom is 0.273 e. The number of carbonyl (C=O) groups excluding carboxylic acids is 2. The van der Waals surface area contributed by atoms with E-state index in [1.165, 1.54) is 13.2 Å². The summed E-state index contributed by atoms with van der Waals surface area (Å²) in [4.78, 5) is 46.5. The standard InChI is InChI=1S/C30H35FN6O5/c1-41-26-18-21(8-10-25(26)42-20-22-6-2-3-7-23(22)31)29-32-30(40)24(33-34-29)9-11-27(38)37-16-14-35(15-17-37)19-28(39)36-12-4-5-13-36/h2-3,6-8,10,18H,4-5,9,11-17,19-20H2,1H3,(H,32,34,40). The van der Waals surface area contributed by atoms with Crippen LogP contribution in [0.4, 0.5) is 4.39 Å². The number of amides is 2. The fourth-order valence-electron chi connectivity index (χ4n) is 5.16. The van der Waals surface area contributed by atoms with Gasteiger partial charge >= 0.3 is 0 Å². The van der Waals surface area contributed by atoms with Crippen molar-refractivity contribution < 1.29 is 23.5 Å². The summed E-state index contributed by atoms with van der Waals surface area (Å²) < 4.78 is 25.1. The SMILES string of the molecule is COc1cc(-c2nnc(CCC(=O)N3CCN(CC(=O)N4CCCC4)CC3)c(=O)[nH]2)ccc1OCc1ccccc1F. The molecule has 2 saturated heterocycles. The molecule has 0 saturated carbocycles. The Kier molecular flexibility index (Phi) is 9.42. The largest absolute Gasteiger partial charge is 0.493 e. The van der Waals surface area contributed by atoms with Gasteiger partial charge in [-0.15, -0.1) is 10.2 Å². The zero-order chi connectivity index (χ0) is 29.5. The first-order chi connectivity index (χ1) is 20.4. The molecular weight excluding hydrogens is 543 g/mol. The minimum Gasteiger partial charge on any atom is -0.493 e. The Labute approximate surface area is 243 Å². The van der Waals surface area contributed by atoms with Crippen LogP contribution in [-0.2, 0) is 22.6 Å². The van der Waals surface area contributed by atoms with E-state index in [-0.39, 0.29) is 48.6 Å². The van der Waals surface area contributed by atoms with E-state index in [1.54, 1.807) is 41.3 Å². The van der Waals surface area contributed by atoms with Crippen LogP contribution in [0.5, 0.6) is 11.5 Å². The highest BCUT2D eigenvalue weighted by molar-refractivity contribution is 5.79. The molecule has 2 aliphatic heterocycles. The number of carbonyl (C=O) groups is 2. The first-order valence-electron chi connectivity index (χ1n) is 14.2. The molecule has 222 valence electrons. The number of ether oxygens (including phenoxy) is 2. The lowest BCUT2D eigenvalue weighted by molar-refractivity contribution is -0.134. The number of rotatable bonds is 10. The van der Waals surface area contributed by atoms with Gasteiger partial charge in [-0.2, -0.15) is 0 Å². The van der Waals surface area contributed by atoms with Gasteiger partial charge in [0.15, 0.2) is 17.3 Å². The van der Waals surface area contributed by atoms with Crippen molar-refractivity contribution in [3.63, 3.8) is 0 Å². The van der Waals surface area contributed by atoms with Crippen LogP contribution in [0.25, 0.3) is 11.4 Å². The van der Waals surface area contributed by atoms with E-state index in [4.69, 9.17) is 9.47 Å². The minimum atomic E-state index is -0.420. The third kappa shape index (κ3) is 7.11. The number of likely N-dealkylation sites (tertiary alicyclic amines) is 1. The van der Waals surface area contributed by atoms with Gasteiger partial charge in [-0.25, -0.2) is 4.39 Å². The molecule has 1 aromatic heterocycles. The van der Waals surface area contributed by atoms with Crippen molar-refractivity contribution in [3.8, 4) is 22.9 Å². The highest BCUT2D eigenvalue weighted by Crippen LogP contribution is 2.31. The summed E-state index contributed by atoms with van der Waals surface area (Å²) >= 11 is 0. The van der Waals surface area contributed by atoms with Gasteiger partial charge in [0.1, 0.15) is 18.1 Å². The highest BCUT2D eigenvalue weighted by atomic mass is 19.1. The Bertz CT molecular complexity index is 1470. The average Bonchev–Trinajstić information content (AvgIpc) is 3.56. The van der Waals surface area contributed by atoms with Crippen LogP contribution in [0.3, 0.4) is 0 Å². The number of nitrogens with one attached hydrogen (secondary N) is 1. The quantitative estimate of drug-likeness (QED) is 0.389. The molecule has 42 heavy (non-hydrogen) atoms. The fourth-order valence-corrected chi connectivity index (χ4v) is 5.16. The number of methoxy groups -OCH3 is 1. The number of aromatic nitrogens is 3. The molecule has 0 bridgehead atoms. The van der Waals surface area contributed by atoms with Crippen molar-refractivity contribution in [2.24, 2.45) is 0 Å². The van der Waals surface area contributed by atoms with E-state index in [2.05, 4.69) is 20.1 Å². The summed E-state index contributed by atoms with van der Waals surface area (Å²) in [6, 6.07) is 11.4. The molecule has 12 heteroatoms. The van der Waals surface area contributed by atoms with Gasteiger partial charge in [-0.05, 0) is 37.1 Å². The van der Waals surface area contributed by atoms with Crippen molar-refractivity contribution in [1.82, 2.24) is 29.9 Å². The highest BCUT2D eigenvalue weighted by Gasteiger charge is 2.25. The number of H-pyrrole nitrogens is 1. The smallest absolute Gasteiger partial charge is 0.273 e. The van der Waals surface area contributed by atoms with Gasteiger partial charge in [0.2, 0.25) is 11.8 Å². The molecule has 1 N–H and O–H groups in total. The molecule has 2 amide bonds. The Balaban J connectivity index is 1.13. The molecule has 0 radical (unpaired) electrons. The Morgan fingerprint density at radius 1 is 0.929 bits per heavy atom. The first kappa shape index (κ1) is 29.2. The monoisotopic (exact) mass is 578 g/mol. The lowest BCUT2D eigenvalue weighted by Gasteiger charge is -2.35. The molecule has 0 unspecified atom stereocenters. The van der Waals surface area contributed by atoms with Crippen molar-refractivity contribution in [2.45, 2.75) is 32.3 Å². The molecular formula is C30H35FN6O5. The lowest BCUT2D eigenvalue weighted by Crippen LogP contribution is -2.51. The average molecular weight is 579 g/mol. The molecule has 5 rings (SSSR count). The minimum absolute atomic E-state index is 0.0283. The third-order valence-electron chi connectivity index (χ3n) is 7.66. The number of aromatic amines is 1. The van der Waals surface area contributed by atoms with Crippen LogP contribution in [0.2, 0.25) is 0 Å². The van der Waals surface area contributed by atoms with Crippen molar-refractivity contribution >= 4 is 11.8 Å². The number of halogens is 1. The van der Waals surface area contributed by atoms with Gasteiger partial charge in [-0.3, -0.25) is 19.3 Å². The van der Waals surface area contributed by atoms with Crippen molar-refractivity contribution in [3.05, 3.63) is 69.9 Å². The third-order valence-corrected chi connectivity index (χ3v) is 7.66. The van der Waals surface area contributed by atoms with Gasteiger partial charge in [0.25, 0.3) is 5.56 Å². The van der Waals surface area contributed by atoms with Gasteiger partial charge in [-0.1, -0.05) is 18.2 Å². The molecule has 2 aliphatic rings. The zero-order valence-corrected chi connectivity index (χ0v) is 23.7. The summed E-state index contributed by atoms with van der Waals surface area (Å²) in [5.41, 5.74) is 0.730. The first-order valence-corrected chi connectivity index (χ1v) is 14.2. The second-order valence-electron chi connectivity index (χ2n) is 10.4. The Morgan fingerprint density at radius 2 is 1.67 bits per heavy atom. The molecule has 2 aromatic carbocycles. The van der Waals surface area contributed by atoms with Crippen molar-refractivity contribution in [2.75, 3.05) is 52.9 Å². The van der Waals surface area contributed by atoms with Crippen LogP contribution in [-0.4, -0.2) is 94.6 Å². The fraction of sp³-hybridized carbons (Fsp3) is 0.433. The van der Waals surface area contributed by atoms with E-state index in [0.717, 1.165) is 25.9 Å². The molecule has 11 nitrogen and oxygen atoms in total. The molecule has 2 fully saturated rings. The Morgan fingerprint density at radius 3 is 2.38 bits per heavy atom. The van der Waals surface area contributed by atoms with E-state index in [0.29, 0.717) is 55.3 Å². The summed E-state index contributed by atoms with van der Waals surface area (Å²) in [6.07, 6.45) is 2.45. The molecule has 0 aliphatic carbocycles. The summed E-state index contributed by atoms with van der Waals surface area (Å²) in [7, 11) is 1.48. The van der Waals surface area contributed by atoms with Crippen LogP contribution in [0.1, 0.15) is 30.5 Å². The topological polar surface area (TPSA) is 121 Å². The van der Waals surface area contributed by atoms with E-state index in [9.17, 15) is 18.8 Å². The number of benzene rings is 2. The van der Waals surface area contributed by atoms with Gasteiger partial charge in [0, 0.05) is 63.2 Å². The number of nitrogens with zero attached hydrogens (tertiary/aromatic N) is 5. The number of aryl methyl sites for hydroxylation is 1. The van der Waals surface area contributed by atoms with E-state index >= 15 is 0 Å². The van der Waals surface area contributed by atoms with E-state index < -0.39 is 5.56 Å². The molecule has 0 atom stereocenters. The van der Waals surface area contributed by atoms with Crippen LogP contribution >= 0.6 is 0 Å². The summed E-state index contributed by atoms with van der Waals surface area (Å²) in [6.45, 7) is 4.51. The van der Waals surface area contributed by atoms with Crippen LogP contribution in [0.15, 0.2) is 47.3 Å². The molecule has 0 spiro atoms. The second kappa shape index (κ2) is 13.6. The lowest BCUT2D eigenvalue weighted by atomic mass is 10.1. The Hall–Kier alpha value is -4.32. The van der Waals surface area contributed by atoms with Gasteiger partial charge < -0.3 is 24.3 Å². The molecule has 3 aromatic rings. The maximum absolute atomic E-state index is 13.9. The van der Waals surface area contributed by atoms with Crippen LogP contribution in [0, 0.1) is 5.82 Å². The molecule has 3 heterocycles. The van der Waals surface area contributed by atoms with Crippen LogP contribution < -0.4 is 15.0 Å². The number of hydrogen-bond donors (Lipinski definition) is 1. The van der Waals surface area contributed by atoms with Crippen molar-refractivity contribution in [1.29, 1.82) is 0 Å². The summed E-state index contributed by atoms with van der Waals surface area (Å²) in [5, 5.41) is 8.25. The van der Waals surface area contributed by atoms with E-state index in [1.807, 2.05) is 4.90 Å². The normalized spacial score (nSPS) is 15.6.